The van der Waals surface area contributed by atoms with Gasteiger partial charge in [-0.05, 0) is 19.9 Å². The molecule has 1 heterocycles. The molecule has 0 spiro atoms. The third kappa shape index (κ3) is 3.32. The smallest absolute Gasteiger partial charge is 0.220 e. The predicted molar refractivity (Wildman–Crippen MR) is 55.8 cm³/mol. The van der Waals surface area contributed by atoms with Crippen molar-refractivity contribution in [1.82, 2.24) is 20.1 Å². The number of nitrogens with zero attached hydrogens (tertiary/aromatic N) is 3. The average molecular weight is 211 g/mol. The van der Waals surface area contributed by atoms with Crippen LogP contribution in [0.4, 0.5) is 0 Å². The van der Waals surface area contributed by atoms with E-state index in [1.807, 2.05) is 14.0 Å². The Balaban J connectivity index is 2.45. The van der Waals surface area contributed by atoms with Crippen LogP contribution >= 0.6 is 0 Å². The molecule has 15 heavy (non-hydrogen) atoms. The summed E-state index contributed by atoms with van der Waals surface area (Å²) in [5, 5.41) is 10.5. The summed E-state index contributed by atoms with van der Waals surface area (Å²) < 4.78 is 1.79. The Morgan fingerprint density at radius 1 is 1.73 bits per heavy atom. The summed E-state index contributed by atoms with van der Waals surface area (Å²) in [6.07, 6.45) is 2.77. The minimum absolute atomic E-state index is 0.00375. The number of hydrogen-bond acceptors (Lipinski definition) is 4. The van der Waals surface area contributed by atoms with Gasteiger partial charge in [0.15, 0.2) is 5.82 Å². The number of rotatable bonds is 5. The van der Waals surface area contributed by atoms with E-state index in [1.54, 1.807) is 10.9 Å². The lowest BCUT2D eigenvalue weighted by molar-refractivity contribution is -0.121. The Labute approximate surface area is 88.9 Å². The molecule has 6 nitrogen and oxygen atoms in total. The van der Waals surface area contributed by atoms with E-state index in [-0.39, 0.29) is 11.9 Å². The first-order valence-electron chi connectivity index (χ1n) is 4.98. The zero-order valence-electron chi connectivity index (χ0n) is 9.10. The number of aryl methyl sites for hydroxylation is 1. The summed E-state index contributed by atoms with van der Waals surface area (Å²) in [4.78, 5) is 11.4. The number of nitrogens with two attached hydrogens (primary N) is 1. The molecule has 6 heteroatoms. The molecule has 0 saturated heterocycles. The summed E-state index contributed by atoms with van der Waals surface area (Å²) in [6, 6.07) is -0.122. The first kappa shape index (κ1) is 11.6. The van der Waals surface area contributed by atoms with Gasteiger partial charge < -0.3 is 15.6 Å². The predicted octanol–water partition coefficient (Wildman–Crippen LogP) is -0.269. The summed E-state index contributed by atoms with van der Waals surface area (Å²) >= 11 is 0. The third-order valence-corrected chi connectivity index (χ3v) is 2.12. The maximum atomic E-state index is 11.4. The van der Waals surface area contributed by atoms with Crippen LogP contribution in [0.2, 0.25) is 0 Å². The van der Waals surface area contributed by atoms with Crippen LogP contribution in [-0.2, 0) is 11.8 Å². The van der Waals surface area contributed by atoms with E-state index >= 15 is 0 Å². The van der Waals surface area contributed by atoms with Crippen molar-refractivity contribution < 1.29 is 4.79 Å². The van der Waals surface area contributed by atoms with Gasteiger partial charge in [0.2, 0.25) is 5.91 Å². The average Bonchev–Trinajstić information content (AvgIpc) is 2.61. The van der Waals surface area contributed by atoms with Crippen LogP contribution in [-0.4, -0.2) is 27.2 Å². The van der Waals surface area contributed by atoms with Gasteiger partial charge in [-0.1, -0.05) is 0 Å². The largest absolute Gasteiger partial charge is 0.346 e. The summed E-state index contributed by atoms with van der Waals surface area (Å²) in [5.74, 6) is 0.743. The summed E-state index contributed by atoms with van der Waals surface area (Å²) in [5.41, 5.74) is 5.32. The normalized spacial score (nSPS) is 12.5. The highest BCUT2D eigenvalue weighted by Crippen LogP contribution is 2.07. The zero-order valence-corrected chi connectivity index (χ0v) is 9.10. The Morgan fingerprint density at radius 2 is 2.47 bits per heavy atom. The molecule has 0 fully saturated rings. The van der Waals surface area contributed by atoms with Gasteiger partial charge in [-0.15, -0.1) is 10.2 Å². The van der Waals surface area contributed by atoms with Gasteiger partial charge in [0.25, 0.3) is 0 Å². The lowest BCUT2D eigenvalue weighted by atomic mass is 10.2. The fourth-order valence-corrected chi connectivity index (χ4v) is 1.33. The first-order chi connectivity index (χ1) is 7.15. The maximum Gasteiger partial charge on any atom is 0.220 e. The fraction of sp³-hybridized carbons (Fsp3) is 0.667. The fourth-order valence-electron chi connectivity index (χ4n) is 1.33. The van der Waals surface area contributed by atoms with Crippen LogP contribution in [0.3, 0.4) is 0 Å². The first-order valence-corrected chi connectivity index (χ1v) is 4.98. The van der Waals surface area contributed by atoms with Crippen LogP contribution in [0.5, 0.6) is 0 Å². The molecule has 0 radical (unpaired) electrons. The molecule has 84 valence electrons. The Hall–Kier alpha value is -1.43. The van der Waals surface area contributed by atoms with Gasteiger partial charge in [0.1, 0.15) is 6.33 Å². The van der Waals surface area contributed by atoms with Crippen molar-refractivity contribution in [2.45, 2.75) is 25.8 Å². The molecule has 1 amide bonds. The van der Waals surface area contributed by atoms with Crippen molar-refractivity contribution in [3.05, 3.63) is 12.2 Å². The molecule has 3 N–H and O–H groups in total. The molecular formula is C9H17N5O. The molecule has 1 rings (SSSR count). The molecule has 0 bridgehead atoms. The van der Waals surface area contributed by atoms with E-state index in [9.17, 15) is 4.79 Å². The number of nitrogens with one attached hydrogen (secondary N) is 1. The maximum absolute atomic E-state index is 11.4. The number of amides is 1. The highest BCUT2D eigenvalue weighted by molar-refractivity contribution is 5.76. The molecule has 1 aromatic heterocycles. The molecule has 0 aliphatic heterocycles. The van der Waals surface area contributed by atoms with Gasteiger partial charge in [-0.25, -0.2) is 0 Å². The van der Waals surface area contributed by atoms with Crippen molar-refractivity contribution in [3.63, 3.8) is 0 Å². The highest BCUT2D eigenvalue weighted by Gasteiger charge is 2.13. The molecule has 1 aromatic rings. The lowest BCUT2D eigenvalue weighted by Gasteiger charge is -2.12. The zero-order chi connectivity index (χ0) is 11.3. The molecule has 1 atom stereocenters. The Bertz CT molecular complexity index is 322. The van der Waals surface area contributed by atoms with E-state index in [0.29, 0.717) is 19.4 Å². The van der Waals surface area contributed by atoms with Gasteiger partial charge in [-0.3, -0.25) is 4.79 Å². The second-order valence-corrected chi connectivity index (χ2v) is 3.48. The molecular weight excluding hydrogens is 194 g/mol. The van der Waals surface area contributed by atoms with Crippen molar-refractivity contribution in [2.75, 3.05) is 6.54 Å². The Morgan fingerprint density at radius 3 is 3.00 bits per heavy atom. The van der Waals surface area contributed by atoms with E-state index in [0.717, 1.165) is 5.82 Å². The molecule has 1 unspecified atom stereocenters. The van der Waals surface area contributed by atoms with Crippen molar-refractivity contribution in [2.24, 2.45) is 12.8 Å². The number of carbonyl (C=O) groups excluding carboxylic acids is 1. The van der Waals surface area contributed by atoms with Crippen molar-refractivity contribution in [1.29, 1.82) is 0 Å². The SMILES string of the molecule is CC(NC(=O)CCCN)c1nncn1C. The van der Waals surface area contributed by atoms with E-state index < -0.39 is 0 Å². The minimum Gasteiger partial charge on any atom is -0.346 e. The second-order valence-electron chi connectivity index (χ2n) is 3.48. The van der Waals surface area contributed by atoms with Gasteiger partial charge in [-0.2, -0.15) is 0 Å². The molecule has 0 aliphatic carbocycles. The molecule has 0 aromatic carbocycles. The van der Waals surface area contributed by atoms with Crippen LogP contribution in [0.15, 0.2) is 6.33 Å². The standard InChI is InChI=1S/C9H17N5O/c1-7(9-13-11-6-14(9)2)12-8(15)4-3-5-10/h6-7H,3-5,10H2,1-2H3,(H,12,15). The van der Waals surface area contributed by atoms with Crippen LogP contribution in [0, 0.1) is 0 Å². The van der Waals surface area contributed by atoms with Crippen molar-refractivity contribution in [3.8, 4) is 0 Å². The van der Waals surface area contributed by atoms with Gasteiger partial charge >= 0.3 is 0 Å². The van der Waals surface area contributed by atoms with Crippen LogP contribution in [0.1, 0.15) is 31.6 Å². The van der Waals surface area contributed by atoms with Crippen LogP contribution in [0.25, 0.3) is 0 Å². The Kier molecular flexibility index (Phi) is 4.23. The number of carbonyl (C=O) groups is 1. The van der Waals surface area contributed by atoms with E-state index in [4.69, 9.17) is 5.73 Å². The monoisotopic (exact) mass is 211 g/mol. The highest BCUT2D eigenvalue weighted by atomic mass is 16.1. The van der Waals surface area contributed by atoms with E-state index in [1.165, 1.54) is 0 Å². The lowest BCUT2D eigenvalue weighted by Crippen LogP contribution is -2.28. The second kappa shape index (κ2) is 5.45. The number of hydrogen-bond donors (Lipinski definition) is 2. The van der Waals surface area contributed by atoms with Gasteiger partial charge in [0, 0.05) is 13.5 Å². The summed E-state index contributed by atoms with van der Waals surface area (Å²) in [7, 11) is 1.85. The number of aromatic nitrogens is 3. The van der Waals surface area contributed by atoms with Crippen LogP contribution < -0.4 is 11.1 Å². The quantitative estimate of drug-likeness (QED) is 0.702. The minimum atomic E-state index is -0.122. The van der Waals surface area contributed by atoms with Gasteiger partial charge in [0.05, 0.1) is 6.04 Å². The van der Waals surface area contributed by atoms with Crippen molar-refractivity contribution >= 4 is 5.91 Å². The summed E-state index contributed by atoms with van der Waals surface area (Å²) in [6.45, 7) is 2.41. The third-order valence-electron chi connectivity index (χ3n) is 2.12. The molecule has 0 aliphatic rings. The molecule has 0 saturated carbocycles. The topological polar surface area (TPSA) is 85.8 Å². The van der Waals surface area contributed by atoms with E-state index in [2.05, 4.69) is 15.5 Å².